The van der Waals surface area contributed by atoms with Gasteiger partial charge in [0.25, 0.3) is 5.91 Å². The van der Waals surface area contributed by atoms with Gasteiger partial charge in [0.2, 0.25) is 0 Å². The second-order valence-electron chi connectivity index (χ2n) is 4.27. The summed E-state index contributed by atoms with van der Waals surface area (Å²) in [6.45, 7) is 0. The average Bonchev–Trinajstić information content (AvgIpc) is 2.40. The van der Waals surface area contributed by atoms with Gasteiger partial charge in [0.1, 0.15) is 0 Å². The lowest BCUT2D eigenvalue weighted by molar-refractivity contribution is -0.299. The zero-order valence-electron chi connectivity index (χ0n) is 9.94. The number of anilines is 1. The zero-order chi connectivity index (χ0) is 13.0. The lowest BCUT2D eigenvalue weighted by atomic mass is 9.91. The minimum Gasteiger partial charge on any atom is -0.545 e. The van der Waals surface area contributed by atoms with Crippen molar-refractivity contribution in [3.05, 3.63) is 41.5 Å². The van der Waals surface area contributed by atoms with Crippen molar-refractivity contribution < 1.29 is 14.7 Å². The Bertz CT molecular complexity index is 491. The van der Waals surface area contributed by atoms with E-state index in [-0.39, 0.29) is 11.5 Å². The summed E-state index contributed by atoms with van der Waals surface area (Å²) in [6.07, 6.45) is 2.56. The summed E-state index contributed by atoms with van der Waals surface area (Å²) >= 11 is 0. The first-order valence-corrected chi connectivity index (χ1v) is 5.98. The van der Waals surface area contributed by atoms with E-state index in [0.29, 0.717) is 24.1 Å². The number of nitrogens with one attached hydrogen (secondary N) is 1. The van der Waals surface area contributed by atoms with Crippen LogP contribution < -0.4 is 10.4 Å². The van der Waals surface area contributed by atoms with Crippen LogP contribution in [0.15, 0.2) is 41.5 Å². The maximum absolute atomic E-state index is 12.0. The summed E-state index contributed by atoms with van der Waals surface area (Å²) in [5, 5.41) is 13.7. The molecule has 0 aliphatic heterocycles. The Morgan fingerprint density at radius 1 is 1.00 bits per heavy atom. The molecule has 0 atom stereocenters. The second-order valence-corrected chi connectivity index (χ2v) is 4.27. The molecule has 1 aliphatic rings. The van der Waals surface area contributed by atoms with Gasteiger partial charge in [0.05, 0.1) is 5.97 Å². The van der Waals surface area contributed by atoms with E-state index in [1.807, 2.05) is 18.2 Å². The number of para-hydroxylation sites is 1. The first-order chi connectivity index (χ1) is 8.68. The van der Waals surface area contributed by atoms with Crippen LogP contribution in [0.2, 0.25) is 0 Å². The summed E-state index contributed by atoms with van der Waals surface area (Å²) in [5.74, 6) is -1.56. The number of aliphatic carboxylic acids is 1. The molecule has 2 rings (SSSR count). The van der Waals surface area contributed by atoms with E-state index in [4.69, 9.17) is 0 Å². The van der Waals surface area contributed by atoms with Crippen molar-refractivity contribution in [3.8, 4) is 0 Å². The molecule has 4 heteroatoms. The molecule has 0 heterocycles. The quantitative estimate of drug-likeness (QED) is 0.869. The molecule has 0 radical (unpaired) electrons. The summed E-state index contributed by atoms with van der Waals surface area (Å²) in [5.41, 5.74) is 1.16. The number of carbonyl (C=O) groups is 2. The van der Waals surface area contributed by atoms with Crippen molar-refractivity contribution in [2.24, 2.45) is 0 Å². The Morgan fingerprint density at radius 3 is 2.22 bits per heavy atom. The third-order valence-corrected chi connectivity index (χ3v) is 3.02. The maximum atomic E-state index is 12.0. The van der Waals surface area contributed by atoms with Crippen LogP contribution in [-0.4, -0.2) is 11.9 Å². The molecule has 1 aliphatic carbocycles. The van der Waals surface area contributed by atoms with Gasteiger partial charge in [-0.2, -0.15) is 0 Å². The van der Waals surface area contributed by atoms with Gasteiger partial charge < -0.3 is 15.2 Å². The first kappa shape index (κ1) is 12.4. The lowest BCUT2D eigenvalue weighted by Crippen LogP contribution is -2.30. The highest BCUT2D eigenvalue weighted by atomic mass is 16.4. The van der Waals surface area contributed by atoms with E-state index in [0.717, 1.165) is 12.8 Å². The Kier molecular flexibility index (Phi) is 3.77. The number of hydrogen-bond acceptors (Lipinski definition) is 3. The average molecular weight is 244 g/mol. The monoisotopic (exact) mass is 244 g/mol. The fourth-order valence-corrected chi connectivity index (χ4v) is 2.11. The largest absolute Gasteiger partial charge is 0.545 e. The third kappa shape index (κ3) is 2.77. The zero-order valence-corrected chi connectivity index (χ0v) is 9.94. The molecule has 0 saturated carbocycles. The number of carbonyl (C=O) groups excluding carboxylic acids is 2. The summed E-state index contributed by atoms with van der Waals surface area (Å²) < 4.78 is 0. The maximum Gasteiger partial charge on any atom is 0.251 e. The summed E-state index contributed by atoms with van der Waals surface area (Å²) in [7, 11) is 0. The predicted octanol–water partition coefficient (Wildman–Crippen LogP) is 1.25. The van der Waals surface area contributed by atoms with Crippen molar-refractivity contribution in [3.63, 3.8) is 0 Å². The molecule has 1 amide bonds. The van der Waals surface area contributed by atoms with Crippen LogP contribution in [-0.2, 0) is 9.59 Å². The van der Waals surface area contributed by atoms with Crippen molar-refractivity contribution in [1.82, 2.24) is 0 Å². The highest BCUT2D eigenvalue weighted by molar-refractivity contribution is 6.08. The Labute approximate surface area is 105 Å². The molecule has 1 aromatic rings. The van der Waals surface area contributed by atoms with Crippen LogP contribution in [0, 0.1) is 0 Å². The van der Waals surface area contributed by atoms with Crippen LogP contribution in [0.1, 0.15) is 25.7 Å². The molecule has 0 bridgehead atoms. The molecule has 0 spiro atoms. The van der Waals surface area contributed by atoms with Gasteiger partial charge in [0, 0.05) is 11.3 Å². The lowest BCUT2D eigenvalue weighted by Gasteiger charge is -2.20. The Hall–Kier alpha value is -2.10. The number of carboxylic acid groups (broad SMARTS) is 1. The molecular weight excluding hydrogens is 230 g/mol. The van der Waals surface area contributed by atoms with Gasteiger partial charge in [-0.1, -0.05) is 18.2 Å². The third-order valence-electron chi connectivity index (χ3n) is 3.02. The number of benzene rings is 1. The van der Waals surface area contributed by atoms with Crippen LogP contribution in [0.3, 0.4) is 0 Å². The normalized spacial score (nSPS) is 15.3. The SMILES string of the molecule is O=C([O-])C1=C(C(=O)Nc2ccccc2)CCCC1. The molecule has 18 heavy (non-hydrogen) atoms. The number of amides is 1. The van der Waals surface area contributed by atoms with Crippen molar-refractivity contribution >= 4 is 17.6 Å². The van der Waals surface area contributed by atoms with Crippen molar-refractivity contribution in [1.29, 1.82) is 0 Å². The van der Waals surface area contributed by atoms with E-state index in [1.165, 1.54) is 0 Å². The number of rotatable bonds is 3. The fourth-order valence-electron chi connectivity index (χ4n) is 2.11. The number of carboxylic acids is 1. The molecule has 94 valence electrons. The van der Waals surface area contributed by atoms with Crippen LogP contribution >= 0.6 is 0 Å². The molecule has 1 N–H and O–H groups in total. The molecule has 0 aromatic heterocycles. The van der Waals surface area contributed by atoms with E-state index >= 15 is 0 Å². The fraction of sp³-hybridized carbons (Fsp3) is 0.286. The summed E-state index contributed by atoms with van der Waals surface area (Å²) in [6, 6.07) is 9.00. The molecule has 4 nitrogen and oxygen atoms in total. The Morgan fingerprint density at radius 2 is 1.61 bits per heavy atom. The van der Waals surface area contributed by atoms with Crippen LogP contribution in [0.5, 0.6) is 0 Å². The molecule has 1 aromatic carbocycles. The van der Waals surface area contributed by atoms with Gasteiger partial charge in [-0.05, 0) is 43.4 Å². The van der Waals surface area contributed by atoms with Crippen molar-refractivity contribution in [2.75, 3.05) is 5.32 Å². The van der Waals surface area contributed by atoms with E-state index < -0.39 is 5.97 Å². The highest BCUT2D eigenvalue weighted by Crippen LogP contribution is 2.25. The standard InChI is InChI=1S/C14H15NO3/c16-13(15-10-6-2-1-3-7-10)11-8-4-5-9-12(11)14(17)18/h1-3,6-7H,4-5,8-9H2,(H,15,16)(H,17,18)/p-1. The first-order valence-electron chi connectivity index (χ1n) is 5.98. The minimum absolute atomic E-state index is 0.148. The van der Waals surface area contributed by atoms with Crippen molar-refractivity contribution in [2.45, 2.75) is 25.7 Å². The topological polar surface area (TPSA) is 69.2 Å². The summed E-state index contributed by atoms with van der Waals surface area (Å²) in [4.78, 5) is 23.0. The highest BCUT2D eigenvalue weighted by Gasteiger charge is 2.19. The molecule has 0 fully saturated rings. The van der Waals surface area contributed by atoms with Crippen LogP contribution in [0.25, 0.3) is 0 Å². The van der Waals surface area contributed by atoms with E-state index in [9.17, 15) is 14.7 Å². The molecular formula is C14H14NO3-. The second kappa shape index (κ2) is 5.49. The van der Waals surface area contributed by atoms with Gasteiger partial charge in [-0.25, -0.2) is 0 Å². The van der Waals surface area contributed by atoms with Crippen LogP contribution in [0.4, 0.5) is 5.69 Å². The number of hydrogen-bond donors (Lipinski definition) is 1. The molecule has 0 saturated heterocycles. The predicted molar refractivity (Wildman–Crippen MR) is 65.6 cm³/mol. The van der Waals surface area contributed by atoms with Gasteiger partial charge >= 0.3 is 0 Å². The smallest absolute Gasteiger partial charge is 0.251 e. The minimum atomic E-state index is -1.23. The van der Waals surface area contributed by atoms with Gasteiger partial charge in [-0.15, -0.1) is 0 Å². The van der Waals surface area contributed by atoms with E-state index in [2.05, 4.69) is 5.32 Å². The van der Waals surface area contributed by atoms with Gasteiger partial charge in [-0.3, -0.25) is 4.79 Å². The Balaban J connectivity index is 2.19. The van der Waals surface area contributed by atoms with Gasteiger partial charge in [0.15, 0.2) is 0 Å². The van der Waals surface area contributed by atoms with E-state index in [1.54, 1.807) is 12.1 Å². The molecule has 0 unspecified atom stereocenters.